The van der Waals surface area contributed by atoms with Gasteiger partial charge in [0.1, 0.15) is 18.3 Å². The normalized spacial score (nSPS) is 32.2. The van der Waals surface area contributed by atoms with Gasteiger partial charge in [-0.15, -0.1) is 0 Å². The monoisotopic (exact) mass is 370 g/mol. The van der Waals surface area contributed by atoms with Crippen molar-refractivity contribution in [3.05, 3.63) is 0 Å². The molecule has 2 heterocycles. The zero-order valence-electron chi connectivity index (χ0n) is 12.5. The second kappa shape index (κ2) is 6.75. The van der Waals surface area contributed by atoms with E-state index in [1.807, 2.05) is 0 Å². The number of hydrogen-bond acceptors (Lipinski definition) is 10. The zero-order chi connectivity index (χ0) is 18.2. The summed E-state index contributed by atoms with van der Waals surface area (Å²) in [4.78, 5) is 14.2. The number of hydrogen-bond donors (Lipinski definition) is 5. The lowest BCUT2D eigenvalue weighted by Gasteiger charge is -2.43. The molecule has 14 heteroatoms. The van der Waals surface area contributed by atoms with Crippen LogP contribution in [0.3, 0.4) is 0 Å². The summed E-state index contributed by atoms with van der Waals surface area (Å²) >= 11 is 0. The zero-order valence-corrected chi connectivity index (χ0v) is 13.3. The summed E-state index contributed by atoms with van der Waals surface area (Å²) < 4.78 is 29.7. The summed E-state index contributed by atoms with van der Waals surface area (Å²) in [5, 5.41) is 46.3. The number of nitrogens with zero attached hydrogens (tertiary/aromatic N) is 3. The molecule has 0 aromatic rings. The molecular formula is C10H18N4O9S. The number of aliphatic hydroxyl groups excluding tert-OH is 4. The number of carbonyl (C=O) groups excluding carboxylic acids is 1. The Bertz CT molecular complexity index is 601. The summed E-state index contributed by atoms with van der Waals surface area (Å²) in [5.41, 5.74) is 0. The lowest BCUT2D eigenvalue weighted by Crippen LogP contribution is -2.65. The molecule has 0 aliphatic carbocycles. The van der Waals surface area contributed by atoms with E-state index in [-0.39, 0.29) is 11.8 Å². The fraction of sp³-hybridized carbons (Fsp3) is 0.800. The van der Waals surface area contributed by atoms with Crippen molar-refractivity contribution in [2.75, 3.05) is 26.7 Å². The van der Waals surface area contributed by atoms with E-state index < -0.39 is 59.8 Å². The van der Waals surface area contributed by atoms with Gasteiger partial charge in [-0.25, -0.2) is 0 Å². The van der Waals surface area contributed by atoms with E-state index in [0.29, 0.717) is 0 Å². The van der Waals surface area contributed by atoms with E-state index in [1.54, 1.807) is 0 Å². The van der Waals surface area contributed by atoms with Crippen LogP contribution in [0.5, 0.6) is 0 Å². The highest BCUT2D eigenvalue weighted by Crippen LogP contribution is 2.20. The summed E-state index contributed by atoms with van der Waals surface area (Å²) in [6.07, 6.45) is -4.45. The topological polar surface area (TPSA) is 184 Å². The predicted octanol–water partition coefficient (Wildman–Crippen LogP) is -4.44. The first-order chi connectivity index (χ1) is 11.1. The minimum absolute atomic E-state index is 0.274. The molecule has 13 nitrogen and oxygen atoms in total. The van der Waals surface area contributed by atoms with Gasteiger partial charge in [-0.1, -0.05) is 13.8 Å². The second-order valence-corrected chi connectivity index (χ2v) is 6.45. The molecular weight excluding hydrogens is 352 g/mol. The van der Waals surface area contributed by atoms with Gasteiger partial charge in [-0.05, 0) is 0 Å². The Morgan fingerprint density at radius 1 is 1.29 bits per heavy atom. The van der Waals surface area contributed by atoms with Crippen molar-refractivity contribution in [2.45, 2.75) is 24.4 Å². The Balaban J connectivity index is 1.98. The number of hydroxylamine groups is 2. The fourth-order valence-corrected chi connectivity index (χ4v) is 2.81. The predicted molar refractivity (Wildman–Crippen MR) is 73.9 cm³/mol. The van der Waals surface area contributed by atoms with Crippen LogP contribution in [0, 0.1) is 5.41 Å². The standard InChI is InChI=1S/C10H18N4O9S/c1-12(10(11)14-22-24(20,21)23-14)3-7(17)13-2-6(16)9(19)8(18)5(13)4-15/h5-6,8-9,11,15-16,18-19H,2-4H2,1H3/t5-,6+,8-,9-/m1/s1. The van der Waals surface area contributed by atoms with Crippen LogP contribution in [-0.4, -0.2) is 107 Å². The van der Waals surface area contributed by atoms with Gasteiger partial charge in [0, 0.05) is 13.6 Å². The highest BCUT2D eigenvalue weighted by atomic mass is 32.3. The van der Waals surface area contributed by atoms with Crippen LogP contribution in [0.4, 0.5) is 0 Å². The van der Waals surface area contributed by atoms with Crippen molar-refractivity contribution in [3.63, 3.8) is 0 Å². The number of likely N-dealkylation sites (tertiary alicyclic amines) is 1. The number of nitrogens with one attached hydrogen (secondary N) is 1. The van der Waals surface area contributed by atoms with Crippen molar-refractivity contribution in [1.82, 2.24) is 15.0 Å². The lowest BCUT2D eigenvalue weighted by molar-refractivity contribution is -0.274. The average molecular weight is 370 g/mol. The Morgan fingerprint density at radius 2 is 1.88 bits per heavy atom. The van der Waals surface area contributed by atoms with Crippen LogP contribution in [-0.2, 0) is 23.8 Å². The third-order valence-electron chi connectivity index (χ3n) is 3.65. The van der Waals surface area contributed by atoms with Crippen molar-refractivity contribution in [2.24, 2.45) is 0 Å². The highest BCUT2D eigenvalue weighted by Gasteiger charge is 2.44. The number of likely N-dealkylation sites (N-methyl/N-ethyl adjacent to an activating group) is 1. The molecule has 24 heavy (non-hydrogen) atoms. The molecule has 0 aromatic heterocycles. The Hall–Kier alpha value is -1.55. The Morgan fingerprint density at radius 3 is 2.38 bits per heavy atom. The van der Waals surface area contributed by atoms with Gasteiger partial charge in [0.25, 0.3) is 0 Å². The molecule has 0 radical (unpaired) electrons. The van der Waals surface area contributed by atoms with Crippen molar-refractivity contribution >= 4 is 22.3 Å². The highest BCUT2D eigenvalue weighted by molar-refractivity contribution is 7.82. The number of amides is 1. The van der Waals surface area contributed by atoms with Crippen LogP contribution in [0.25, 0.3) is 0 Å². The maximum Gasteiger partial charge on any atom is 0.446 e. The van der Waals surface area contributed by atoms with E-state index in [2.05, 4.69) is 8.57 Å². The largest absolute Gasteiger partial charge is 0.446 e. The van der Waals surface area contributed by atoms with E-state index in [9.17, 15) is 33.6 Å². The molecule has 0 saturated carbocycles. The van der Waals surface area contributed by atoms with Gasteiger partial charge in [0.15, 0.2) is 0 Å². The molecule has 4 atom stereocenters. The minimum Gasteiger partial charge on any atom is -0.394 e. The van der Waals surface area contributed by atoms with E-state index >= 15 is 0 Å². The first-order valence-corrected chi connectivity index (χ1v) is 8.09. The minimum atomic E-state index is -4.16. The maximum atomic E-state index is 12.3. The van der Waals surface area contributed by atoms with E-state index in [1.165, 1.54) is 7.05 Å². The molecule has 5 N–H and O–H groups in total. The first kappa shape index (κ1) is 18.8. The number of piperidine rings is 1. The number of aliphatic hydroxyl groups is 4. The van der Waals surface area contributed by atoms with Crippen molar-refractivity contribution in [3.8, 4) is 0 Å². The molecule has 1 amide bonds. The molecule has 138 valence electrons. The fourth-order valence-electron chi connectivity index (χ4n) is 2.33. The van der Waals surface area contributed by atoms with E-state index in [4.69, 9.17) is 5.41 Å². The van der Waals surface area contributed by atoms with Crippen LogP contribution in [0.15, 0.2) is 0 Å². The smallest absolute Gasteiger partial charge is 0.394 e. The van der Waals surface area contributed by atoms with Crippen LogP contribution < -0.4 is 0 Å². The number of carbonyl (C=O) groups is 1. The van der Waals surface area contributed by atoms with Gasteiger partial charge < -0.3 is 30.2 Å². The molecule has 0 spiro atoms. The van der Waals surface area contributed by atoms with Gasteiger partial charge in [-0.3, -0.25) is 10.2 Å². The van der Waals surface area contributed by atoms with Crippen LogP contribution in [0.2, 0.25) is 0 Å². The first-order valence-electron chi connectivity index (χ1n) is 6.76. The summed E-state index contributed by atoms with van der Waals surface area (Å²) in [7, 11) is -2.88. The summed E-state index contributed by atoms with van der Waals surface area (Å²) in [5.74, 6) is -1.27. The maximum absolute atomic E-state index is 12.3. The quantitative estimate of drug-likeness (QED) is 0.238. The molecule has 2 saturated heterocycles. The molecule has 0 bridgehead atoms. The number of guanidine groups is 1. The SMILES string of the molecule is CN(CC(=O)N1C[C@H](O)[C@@H](O)[C@H](O)[C@H]1CO)C(=N)N1OS(=O)(=O)O1. The average Bonchev–Trinajstić information content (AvgIpc) is 2.48. The molecule has 2 rings (SSSR count). The lowest BCUT2D eigenvalue weighted by atomic mass is 9.94. The van der Waals surface area contributed by atoms with Gasteiger partial charge >= 0.3 is 10.4 Å². The molecule has 0 unspecified atom stereocenters. The van der Waals surface area contributed by atoms with Crippen molar-refractivity contribution < 1.29 is 42.2 Å². The number of β-amino-alcohol motifs (C(OH)–C–C–N with tert-alkyl or cyclic N) is 1. The third-order valence-corrected chi connectivity index (χ3v) is 4.29. The molecule has 0 aromatic carbocycles. The van der Waals surface area contributed by atoms with Gasteiger partial charge in [0.05, 0.1) is 19.2 Å². The van der Waals surface area contributed by atoms with Crippen LogP contribution >= 0.6 is 0 Å². The third kappa shape index (κ3) is 3.59. The molecule has 2 aliphatic rings. The summed E-state index contributed by atoms with van der Waals surface area (Å²) in [6.45, 7) is -1.43. The van der Waals surface area contributed by atoms with Crippen LogP contribution in [0.1, 0.15) is 0 Å². The van der Waals surface area contributed by atoms with Gasteiger partial charge in [-0.2, -0.15) is 8.42 Å². The Labute approximate surface area is 136 Å². The van der Waals surface area contributed by atoms with Crippen molar-refractivity contribution in [1.29, 1.82) is 5.41 Å². The Kier molecular flexibility index (Phi) is 5.28. The van der Waals surface area contributed by atoms with Gasteiger partial charge in [0.2, 0.25) is 11.9 Å². The molecule has 2 fully saturated rings. The molecule has 2 aliphatic heterocycles. The second-order valence-electron chi connectivity index (χ2n) is 5.34. The summed E-state index contributed by atoms with van der Waals surface area (Å²) in [6, 6.07) is -1.13. The number of rotatable bonds is 3. The van der Waals surface area contributed by atoms with E-state index in [0.717, 1.165) is 9.80 Å².